The molecule has 0 unspecified atom stereocenters. The second kappa shape index (κ2) is 10.4. The van der Waals surface area contributed by atoms with Gasteiger partial charge in [0.15, 0.2) is 5.78 Å². The first-order valence-corrected chi connectivity index (χ1v) is 10.2. The van der Waals surface area contributed by atoms with Crippen LogP contribution in [0, 0.1) is 6.92 Å². The Morgan fingerprint density at radius 2 is 1.56 bits per heavy atom. The zero-order chi connectivity index (χ0) is 18.9. The molecule has 1 saturated heterocycles. The number of carbonyl (C=O) groups excluding carboxylic acids is 1. The number of carbonyl (C=O) groups is 1. The molecule has 3 nitrogen and oxygen atoms in total. The number of rotatable bonds is 9. The monoisotopic (exact) mass is 365 g/mol. The SMILES string of the molecule is Cc1ccc(C(=O)CCCc2ccccc2CCCN2CCOCC2)cc1. The average molecular weight is 366 g/mol. The van der Waals surface area contributed by atoms with Crippen molar-refractivity contribution in [2.75, 3.05) is 32.8 Å². The molecule has 3 heteroatoms. The number of benzene rings is 2. The van der Waals surface area contributed by atoms with Gasteiger partial charge >= 0.3 is 0 Å². The Morgan fingerprint density at radius 3 is 2.22 bits per heavy atom. The predicted molar refractivity (Wildman–Crippen MR) is 110 cm³/mol. The van der Waals surface area contributed by atoms with Gasteiger partial charge in [0.2, 0.25) is 0 Å². The number of aryl methyl sites for hydroxylation is 3. The summed E-state index contributed by atoms with van der Waals surface area (Å²) in [5.41, 5.74) is 4.86. The maximum atomic E-state index is 12.4. The van der Waals surface area contributed by atoms with E-state index in [1.807, 2.05) is 31.2 Å². The number of hydrogen-bond donors (Lipinski definition) is 0. The first kappa shape index (κ1) is 19.8. The smallest absolute Gasteiger partial charge is 0.162 e. The van der Waals surface area contributed by atoms with E-state index >= 15 is 0 Å². The summed E-state index contributed by atoms with van der Waals surface area (Å²) in [4.78, 5) is 14.9. The predicted octanol–water partition coefficient (Wildman–Crippen LogP) is 4.47. The molecule has 0 spiro atoms. The number of hydrogen-bond acceptors (Lipinski definition) is 3. The Balaban J connectivity index is 1.45. The highest BCUT2D eigenvalue weighted by atomic mass is 16.5. The Kier molecular flexibility index (Phi) is 7.61. The van der Waals surface area contributed by atoms with E-state index in [1.54, 1.807) is 0 Å². The molecule has 0 amide bonds. The fourth-order valence-electron chi connectivity index (χ4n) is 3.69. The molecule has 0 aromatic heterocycles. The Labute approximate surface area is 163 Å². The quantitative estimate of drug-likeness (QED) is 0.614. The van der Waals surface area contributed by atoms with Crippen LogP contribution in [0.5, 0.6) is 0 Å². The fourth-order valence-corrected chi connectivity index (χ4v) is 3.69. The van der Waals surface area contributed by atoms with Gasteiger partial charge in [0.25, 0.3) is 0 Å². The van der Waals surface area contributed by atoms with Gasteiger partial charge in [0, 0.05) is 25.1 Å². The van der Waals surface area contributed by atoms with Gasteiger partial charge in [-0.15, -0.1) is 0 Å². The molecule has 0 aliphatic carbocycles. The topological polar surface area (TPSA) is 29.5 Å². The highest BCUT2D eigenvalue weighted by molar-refractivity contribution is 5.96. The van der Waals surface area contributed by atoms with Gasteiger partial charge in [0.05, 0.1) is 13.2 Å². The molecule has 27 heavy (non-hydrogen) atoms. The molecule has 1 heterocycles. The van der Waals surface area contributed by atoms with Gasteiger partial charge in [-0.2, -0.15) is 0 Å². The Morgan fingerprint density at radius 1 is 0.926 bits per heavy atom. The van der Waals surface area contributed by atoms with Crippen LogP contribution >= 0.6 is 0 Å². The van der Waals surface area contributed by atoms with Crippen LogP contribution in [-0.2, 0) is 17.6 Å². The van der Waals surface area contributed by atoms with Gasteiger partial charge in [-0.1, -0.05) is 54.1 Å². The summed E-state index contributed by atoms with van der Waals surface area (Å²) in [7, 11) is 0. The Bertz CT molecular complexity index is 717. The van der Waals surface area contributed by atoms with E-state index in [-0.39, 0.29) is 5.78 Å². The van der Waals surface area contributed by atoms with Crippen LogP contribution in [0.4, 0.5) is 0 Å². The third-order valence-electron chi connectivity index (χ3n) is 5.37. The van der Waals surface area contributed by atoms with Crippen molar-refractivity contribution in [3.05, 3.63) is 70.8 Å². The van der Waals surface area contributed by atoms with Crippen molar-refractivity contribution in [1.82, 2.24) is 4.90 Å². The molecule has 2 aromatic carbocycles. The van der Waals surface area contributed by atoms with Crippen LogP contribution in [0.2, 0.25) is 0 Å². The number of Topliss-reactive ketones (excluding diaryl/α,β-unsaturated/α-hetero) is 1. The molecule has 2 aromatic rings. The normalized spacial score (nSPS) is 15.0. The minimum Gasteiger partial charge on any atom is -0.379 e. The second-order valence-corrected chi connectivity index (χ2v) is 7.47. The van der Waals surface area contributed by atoms with Crippen LogP contribution in [0.3, 0.4) is 0 Å². The number of morpholine rings is 1. The maximum Gasteiger partial charge on any atom is 0.162 e. The van der Waals surface area contributed by atoms with Crippen molar-refractivity contribution in [1.29, 1.82) is 0 Å². The molecular formula is C24H31NO2. The molecule has 1 aliphatic rings. The van der Waals surface area contributed by atoms with E-state index in [4.69, 9.17) is 4.74 Å². The standard InChI is InChI=1S/C24H31NO2/c1-20-11-13-23(14-12-20)24(26)10-4-8-21-6-2-3-7-22(21)9-5-15-25-16-18-27-19-17-25/h2-3,6-7,11-14H,4-5,8-10,15-19H2,1H3. The van der Waals surface area contributed by atoms with Crippen molar-refractivity contribution in [2.24, 2.45) is 0 Å². The van der Waals surface area contributed by atoms with Crippen LogP contribution in [-0.4, -0.2) is 43.5 Å². The van der Waals surface area contributed by atoms with Crippen LogP contribution in [0.15, 0.2) is 48.5 Å². The summed E-state index contributed by atoms with van der Waals surface area (Å²) in [6.45, 7) is 7.04. The molecule has 0 radical (unpaired) electrons. The third kappa shape index (κ3) is 6.30. The number of nitrogens with zero attached hydrogens (tertiary/aromatic N) is 1. The lowest BCUT2D eigenvalue weighted by Crippen LogP contribution is -2.36. The molecule has 0 bridgehead atoms. The van der Waals surface area contributed by atoms with Crippen molar-refractivity contribution in [3.8, 4) is 0 Å². The van der Waals surface area contributed by atoms with Crippen molar-refractivity contribution in [3.63, 3.8) is 0 Å². The lowest BCUT2D eigenvalue weighted by molar-refractivity contribution is 0.0374. The molecule has 0 N–H and O–H groups in total. The maximum absolute atomic E-state index is 12.4. The average Bonchev–Trinajstić information content (AvgIpc) is 2.70. The van der Waals surface area contributed by atoms with Crippen molar-refractivity contribution >= 4 is 5.78 Å². The van der Waals surface area contributed by atoms with Gasteiger partial charge in [-0.3, -0.25) is 9.69 Å². The van der Waals surface area contributed by atoms with Gasteiger partial charge in [-0.25, -0.2) is 0 Å². The highest BCUT2D eigenvalue weighted by Gasteiger charge is 2.11. The highest BCUT2D eigenvalue weighted by Crippen LogP contribution is 2.16. The van der Waals surface area contributed by atoms with Crippen LogP contribution < -0.4 is 0 Å². The van der Waals surface area contributed by atoms with Gasteiger partial charge < -0.3 is 4.74 Å². The molecule has 1 fully saturated rings. The molecular weight excluding hydrogens is 334 g/mol. The summed E-state index contributed by atoms with van der Waals surface area (Å²) in [6, 6.07) is 16.6. The molecule has 0 saturated carbocycles. The first-order chi connectivity index (χ1) is 13.2. The zero-order valence-corrected chi connectivity index (χ0v) is 16.5. The minimum atomic E-state index is 0.250. The summed E-state index contributed by atoms with van der Waals surface area (Å²) < 4.78 is 5.42. The van der Waals surface area contributed by atoms with Crippen molar-refractivity contribution < 1.29 is 9.53 Å². The van der Waals surface area contributed by atoms with E-state index < -0.39 is 0 Å². The molecule has 1 aliphatic heterocycles. The van der Waals surface area contributed by atoms with E-state index in [2.05, 4.69) is 29.2 Å². The Hall–Kier alpha value is -1.97. The van der Waals surface area contributed by atoms with Crippen LogP contribution in [0.25, 0.3) is 0 Å². The third-order valence-corrected chi connectivity index (χ3v) is 5.37. The largest absolute Gasteiger partial charge is 0.379 e. The number of ether oxygens (including phenoxy) is 1. The summed E-state index contributed by atoms with van der Waals surface area (Å²) in [5, 5.41) is 0. The van der Waals surface area contributed by atoms with E-state index in [0.717, 1.165) is 57.7 Å². The summed E-state index contributed by atoms with van der Waals surface area (Å²) in [5.74, 6) is 0.250. The minimum absolute atomic E-state index is 0.250. The van der Waals surface area contributed by atoms with Gasteiger partial charge in [0.1, 0.15) is 0 Å². The molecule has 0 atom stereocenters. The van der Waals surface area contributed by atoms with Crippen molar-refractivity contribution in [2.45, 2.75) is 39.0 Å². The summed E-state index contributed by atoms with van der Waals surface area (Å²) in [6.07, 6.45) is 4.79. The van der Waals surface area contributed by atoms with Crippen LogP contribution in [0.1, 0.15) is 46.3 Å². The summed E-state index contributed by atoms with van der Waals surface area (Å²) >= 11 is 0. The van der Waals surface area contributed by atoms with E-state index in [1.165, 1.54) is 23.1 Å². The second-order valence-electron chi connectivity index (χ2n) is 7.47. The lowest BCUT2D eigenvalue weighted by Gasteiger charge is -2.26. The first-order valence-electron chi connectivity index (χ1n) is 10.2. The molecule has 144 valence electrons. The van der Waals surface area contributed by atoms with Gasteiger partial charge in [-0.05, 0) is 50.3 Å². The zero-order valence-electron chi connectivity index (χ0n) is 16.5. The number of ketones is 1. The molecule has 3 rings (SSSR count). The van der Waals surface area contributed by atoms with E-state index in [9.17, 15) is 4.79 Å². The lowest BCUT2D eigenvalue weighted by atomic mass is 9.96. The van der Waals surface area contributed by atoms with E-state index in [0.29, 0.717) is 6.42 Å². The fraction of sp³-hybridized carbons (Fsp3) is 0.458.